The third kappa shape index (κ3) is 3.51. The highest BCUT2D eigenvalue weighted by atomic mass is 16.3. The first-order valence-corrected chi connectivity index (χ1v) is 7.36. The molecule has 0 amide bonds. The number of hydrogen-bond acceptors (Lipinski definition) is 2. The van der Waals surface area contributed by atoms with Gasteiger partial charge in [-0.1, -0.05) is 58.0 Å². The normalized spacial score (nSPS) is 15.0. The minimum atomic E-state index is 0.140. The lowest BCUT2D eigenvalue weighted by Gasteiger charge is -2.34. The molecule has 0 aliphatic heterocycles. The van der Waals surface area contributed by atoms with Crippen LogP contribution in [0, 0.1) is 5.41 Å². The molecule has 0 saturated carbocycles. The van der Waals surface area contributed by atoms with Crippen LogP contribution in [0.3, 0.4) is 0 Å². The van der Waals surface area contributed by atoms with E-state index in [4.69, 9.17) is 4.42 Å². The van der Waals surface area contributed by atoms with Crippen molar-refractivity contribution in [3.63, 3.8) is 0 Å². The number of benzene rings is 1. The smallest absolute Gasteiger partial charge is 0.120 e. The van der Waals surface area contributed by atoms with E-state index in [0.29, 0.717) is 6.04 Å². The zero-order chi connectivity index (χ0) is 14.6. The molecule has 0 radical (unpaired) electrons. The fraction of sp³-hybridized carbons (Fsp3) is 0.444. The Labute approximate surface area is 122 Å². The van der Waals surface area contributed by atoms with Crippen LogP contribution in [-0.4, -0.2) is 0 Å². The summed E-state index contributed by atoms with van der Waals surface area (Å²) in [7, 11) is 0. The first-order valence-electron chi connectivity index (χ1n) is 7.36. The van der Waals surface area contributed by atoms with Crippen LogP contribution in [-0.2, 0) is 0 Å². The van der Waals surface area contributed by atoms with Gasteiger partial charge in [0.25, 0.3) is 0 Å². The lowest BCUT2D eigenvalue weighted by Crippen LogP contribution is -2.34. The minimum absolute atomic E-state index is 0.140. The van der Waals surface area contributed by atoms with Crippen molar-refractivity contribution >= 4 is 0 Å². The van der Waals surface area contributed by atoms with Gasteiger partial charge in [0.2, 0.25) is 0 Å². The Bertz CT molecular complexity index is 496. The molecule has 2 atom stereocenters. The number of rotatable bonds is 5. The molecule has 0 fully saturated rings. The van der Waals surface area contributed by atoms with E-state index in [1.807, 2.05) is 12.1 Å². The van der Waals surface area contributed by atoms with Crippen molar-refractivity contribution < 1.29 is 4.42 Å². The molecule has 1 aromatic heterocycles. The second-order valence-corrected chi connectivity index (χ2v) is 6.35. The molecule has 1 heterocycles. The van der Waals surface area contributed by atoms with Crippen LogP contribution in [0.2, 0.25) is 0 Å². The second-order valence-electron chi connectivity index (χ2n) is 6.35. The summed E-state index contributed by atoms with van der Waals surface area (Å²) in [6, 6.07) is 15.2. The molecule has 0 bridgehead atoms. The van der Waals surface area contributed by atoms with E-state index < -0.39 is 0 Å². The lowest BCUT2D eigenvalue weighted by molar-refractivity contribution is 0.235. The van der Waals surface area contributed by atoms with Gasteiger partial charge in [0.05, 0.1) is 12.3 Å². The lowest BCUT2D eigenvalue weighted by atomic mass is 9.81. The summed E-state index contributed by atoms with van der Waals surface area (Å²) in [6.07, 6.45) is 2.75. The molecule has 108 valence electrons. The average molecular weight is 271 g/mol. The summed E-state index contributed by atoms with van der Waals surface area (Å²) in [5.41, 5.74) is 1.46. The Morgan fingerprint density at radius 2 is 1.75 bits per heavy atom. The maximum absolute atomic E-state index is 5.57. The highest BCUT2D eigenvalue weighted by Crippen LogP contribution is 2.35. The van der Waals surface area contributed by atoms with Gasteiger partial charge in [-0.3, -0.25) is 5.32 Å². The van der Waals surface area contributed by atoms with Crippen LogP contribution in [0.25, 0.3) is 0 Å². The van der Waals surface area contributed by atoms with Crippen LogP contribution in [0.1, 0.15) is 57.5 Å². The maximum Gasteiger partial charge on any atom is 0.120 e. The summed E-state index contributed by atoms with van der Waals surface area (Å²) < 4.78 is 5.57. The number of hydrogen-bond donors (Lipinski definition) is 1. The largest absolute Gasteiger partial charge is 0.468 e. The third-order valence-electron chi connectivity index (χ3n) is 3.66. The van der Waals surface area contributed by atoms with E-state index in [2.05, 4.69) is 63.3 Å². The van der Waals surface area contributed by atoms with Crippen molar-refractivity contribution in [1.29, 1.82) is 0 Å². The van der Waals surface area contributed by atoms with Gasteiger partial charge in [-0.25, -0.2) is 0 Å². The summed E-state index contributed by atoms with van der Waals surface area (Å²) in [5, 5.41) is 3.77. The summed E-state index contributed by atoms with van der Waals surface area (Å²) in [5.74, 6) is 1.01. The van der Waals surface area contributed by atoms with E-state index >= 15 is 0 Å². The Balaban J connectivity index is 2.25. The van der Waals surface area contributed by atoms with Crippen molar-refractivity contribution in [3.05, 3.63) is 60.1 Å². The quantitative estimate of drug-likeness (QED) is 0.817. The van der Waals surface area contributed by atoms with E-state index in [1.165, 1.54) is 5.56 Å². The second kappa shape index (κ2) is 6.27. The first kappa shape index (κ1) is 14.9. The van der Waals surface area contributed by atoms with Crippen LogP contribution < -0.4 is 5.32 Å². The standard InChI is InChI=1S/C18H25NO/c1-5-15(16-12-9-13-20-16)19-17(18(2,3)4)14-10-7-6-8-11-14/h6-13,15,17,19H,5H2,1-4H3. The minimum Gasteiger partial charge on any atom is -0.468 e. The van der Waals surface area contributed by atoms with E-state index in [1.54, 1.807) is 6.26 Å². The van der Waals surface area contributed by atoms with Gasteiger partial charge in [-0.15, -0.1) is 0 Å². The van der Waals surface area contributed by atoms with Crippen molar-refractivity contribution in [2.24, 2.45) is 5.41 Å². The maximum atomic E-state index is 5.57. The molecular formula is C18H25NO. The Morgan fingerprint density at radius 3 is 2.25 bits per heavy atom. The predicted molar refractivity (Wildman–Crippen MR) is 83.5 cm³/mol. The zero-order valence-corrected chi connectivity index (χ0v) is 12.9. The van der Waals surface area contributed by atoms with Crippen LogP contribution in [0.15, 0.2) is 53.1 Å². The highest BCUT2D eigenvalue weighted by molar-refractivity contribution is 5.21. The fourth-order valence-electron chi connectivity index (χ4n) is 2.58. The summed E-state index contributed by atoms with van der Waals surface area (Å²) >= 11 is 0. The van der Waals surface area contributed by atoms with Crippen LogP contribution >= 0.6 is 0 Å². The van der Waals surface area contributed by atoms with E-state index in [0.717, 1.165) is 12.2 Å². The molecule has 1 aromatic carbocycles. The number of nitrogens with one attached hydrogen (secondary N) is 1. The van der Waals surface area contributed by atoms with Crippen molar-refractivity contribution in [3.8, 4) is 0 Å². The van der Waals surface area contributed by atoms with Gasteiger partial charge in [0, 0.05) is 6.04 Å². The highest BCUT2D eigenvalue weighted by Gasteiger charge is 2.29. The van der Waals surface area contributed by atoms with Gasteiger partial charge in [-0.2, -0.15) is 0 Å². The molecular weight excluding hydrogens is 246 g/mol. The molecule has 0 saturated heterocycles. The predicted octanol–water partition coefficient (Wildman–Crippen LogP) is 5.11. The number of furan rings is 1. The van der Waals surface area contributed by atoms with Gasteiger partial charge < -0.3 is 4.42 Å². The van der Waals surface area contributed by atoms with Crippen molar-refractivity contribution in [2.45, 2.75) is 46.2 Å². The average Bonchev–Trinajstić information content (AvgIpc) is 2.93. The van der Waals surface area contributed by atoms with Gasteiger partial charge >= 0.3 is 0 Å². The Kier molecular flexibility index (Phi) is 4.66. The van der Waals surface area contributed by atoms with Crippen molar-refractivity contribution in [2.75, 3.05) is 0 Å². The topological polar surface area (TPSA) is 25.2 Å². The molecule has 1 N–H and O–H groups in total. The Morgan fingerprint density at radius 1 is 1.05 bits per heavy atom. The zero-order valence-electron chi connectivity index (χ0n) is 12.9. The summed E-state index contributed by atoms with van der Waals surface area (Å²) in [6.45, 7) is 9.00. The SMILES string of the molecule is CCC(NC(c1ccccc1)C(C)(C)C)c1ccco1. The van der Waals surface area contributed by atoms with Gasteiger partial charge in [0.1, 0.15) is 5.76 Å². The molecule has 20 heavy (non-hydrogen) atoms. The molecule has 2 heteroatoms. The molecule has 0 aliphatic rings. The first-order chi connectivity index (χ1) is 9.52. The fourth-order valence-corrected chi connectivity index (χ4v) is 2.58. The molecule has 2 nitrogen and oxygen atoms in total. The van der Waals surface area contributed by atoms with Gasteiger partial charge in [-0.05, 0) is 29.5 Å². The van der Waals surface area contributed by atoms with Crippen LogP contribution in [0.5, 0.6) is 0 Å². The molecule has 0 spiro atoms. The molecule has 2 unspecified atom stereocenters. The monoisotopic (exact) mass is 271 g/mol. The summed E-state index contributed by atoms with van der Waals surface area (Å²) in [4.78, 5) is 0. The third-order valence-corrected chi connectivity index (χ3v) is 3.66. The Hall–Kier alpha value is -1.54. The van der Waals surface area contributed by atoms with Crippen molar-refractivity contribution in [1.82, 2.24) is 5.32 Å². The molecule has 2 rings (SSSR count). The van der Waals surface area contributed by atoms with E-state index in [9.17, 15) is 0 Å². The van der Waals surface area contributed by atoms with Crippen LogP contribution in [0.4, 0.5) is 0 Å². The molecule has 0 aliphatic carbocycles. The molecule has 2 aromatic rings. The van der Waals surface area contributed by atoms with E-state index in [-0.39, 0.29) is 11.5 Å². The van der Waals surface area contributed by atoms with Gasteiger partial charge in [0.15, 0.2) is 0 Å².